The number of rotatable bonds is 2. The first-order chi connectivity index (χ1) is 5.88. The molecule has 0 spiro atoms. The van der Waals surface area contributed by atoms with E-state index in [0.29, 0.717) is 0 Å². The maximum atomic E-state index is 11.0. The Morgan fingerprint density at radius 2 is 1.85 bits per heavy atom. The summed E-state index contributed by atoms with van der Waals surface area (Å²) < 4.78 is 22.1. The monoisotopic (exact) mass is 198 g/mol. The van der Waals surface area contributed by atoms with Crippen molar-refractivity contribution >= 4 is 9.84 Å². The third-order valence-electron chi connectivity index (χ3n) is 1.92. The molecular formula is C10H14O2S. The molecule has 0 aliphatic heterocycles. The molecule has 0 bridgehead atoms. The van der Waals surface area contributed by atoms with Gasteiger partial charge in [-0.3, -0.25) is 0 Å². The van der Waals surface area contributed by atoms with Crippen LogP contribution in [-0.4, -0.2) is 14.7 Å². The average molecular weight is 198 g/mol. The zero-order valence-electron chi connectivity index (χ0n) is 8.16. The van der Waals surface area contributed by atoms with Gasteiger partial charge in [-0.25, -0.2) is 8.42 Å². The molecule has 0 aliphatic carbocycles. The van der Waals surface area contributed by atoms with Gasteiger partial charge in [0.1, 0.15) is 0 Å². The van der Waals surface area contributed by atoms with Crippen LogP contribution in [0.4, 0.5) is 0 Å². The van der Waals surface area contributed by atoms with Gasteiger partial charge in [0.2, 0.25) is 0 Å². The highest BCUT2D eigenvalue weighted by Crippen LogP contribution is 2.12. The Labute approximate surface area is 79.5 Å². The summed E-state index contributed by atoms with van der Waals surface area (Å²) in [5, 5.41) is 0. The quantitative estimate of drug-likeness (QED) is 0.726. The van der Waals surface area contributed by atoms with Crippen LogP contribution in [0.5, 0.6) is 0 Å². The lowest BCUT2D eigenvalue weighted by atomic mass is 10.1. The van der Waals surface area contributed by atoms with E-state index < -0.39 is 9.84 Å². The van der Waals surface area contributed by atoms with Crippen LogP contribution in [0, 0.1) is 13.8 Å². The molecule has 0 radical (unpaired) electrons. The second-order valence-corrected chi connectivity index (χ2v) is 5.64. The number of aryl methyl sites for hydroxylation is 2. The van der Waals surface area contributed by atoms with Crippen molar-refractivity contribution in [1.82, 2.24) is 0 Å². The van der Waals surface area contributed by atoms with Gasteiger partial charge in [0.05, 0.1) is 5.75 Å². The van der Waals surface area contributed by atoms with Crippen LogP contribution in [0.3, 0.4) is 0 Å². The van der Waals surface area contributed by atoms with Crippen LogP contribution in [0.15, 0.2) is 18.2 Å². The molecule has 1 aromatic rings. The fourth-order valence-electron chi connectivity index (χ4n) is 1.29. The third-order valence-corrected chi connectivity index (χ3v) is 2.75. The molecule has 2 nitrogen and oxygen atoms in total. The van der Waals surface area contributed by atoms with Crippen LogP contribution in [-0.2, 0) is 15.6 Å². The van der Waals surface area contributed by atoms with Gasteiger partial charge in [-0.1, -0.05) is 23.8 Å². The minimum atomic E-state index is -2.91. The smallest absolute Gasteiger partial charge is 0.151 e. The predicted octanol–water partition coefficient (Wildman–Crippen LogP) is 1.85. The number of hydrogen-bond acceptors (Lipinski definition) is 2. The first-order valence-electron chi connectivity index (χ1n) is 4.12. The first kappa shape index (κ1) is 10.3. The maximum Gasteiger partial charge on any atom is 0.151 e. The predicted molar refractivity (Wildman–Crippen MR) is 54.5 cm³/mol. The molecule has 3 heteroatoms. The molecule has 0 atom stereocenters. The summed E-state index contributed by atoms with van der Waals surface area (Å²) in [4.78, 5) is 0. The molecule has 0 aliphatic rings. The number of hydrogen-bond donors (Lipinski definition) is 0. The molecule has 1 aromatic carbocycles. The minimum absolute atomic E-state index is 0.138. The van der Waals surface area contributed by atoms with Crippen molar-refractivity contribution < 1.29 is 8.42 Å². The van der Waals surface area contributed by atoms with E-state index in [9.17, 15) is 8.42 Å². The van der Waals surface area contributed by atoms with E-state index >= 15 is 0 Å². The zero-order chi connectivity index (χ0) is 10.1. The molecule has 1 rings (SSSR count). The van der Waals surface area contributed by atoms with Gasteiger partial charge in [-0.15, -0.1) is 0 Å². The highest BCUT2D eigenvalue weighted by molar-refractivity contribution is 7.89. The Hall–Kier alpha value is -0.830. The Morgan fingerprint density at radius 1 is 1.23 bits per heavy atom. The molecule has 0 unspecified atom stereocenters. The highest BCUT2D eigenvalue weighted by Gasteiger charge is 2.06. The zero-order valence-corrected chi connectivity index (χ0v) is 8.98. The molecule has 13 heavy (non-hydrogen) atoms. The van der Waals surface area contributed by atoms with Gasteiger partial charge < -0.3 is 0 Å². The summed E-state index contributed by atoms with van der Waals surface area (Å²) in [7, 11) is -2.91. The minimum Gasteiger partial charge on any atom is -0.229 e. The van der Waals surface area contributed by atoms with E-state index in [0.717, 1.165) is 16.7 Å². The molecule has 0 saturated heterocycles. The second-order valence-electron chi connectivity index (χ2n) is 3.50. The normalized spacial score (nSPS) is 11.6. The Kier molecular flexibility index (Phi) is 2.76. The van der Waals surface area contributed by atoms with Gasteiger partial charge in [0, 0.05) is 6.26 Å². The molecule has 0 amide bonds. The van der Waals surface area contributed by atoms with E-state index in [1.165, 1.54) is 6.26 Å². The number of sulfone groups is 1. The van der Waals surface area contributed by atoms with Crippen LogP contribution < -0.4 is 0 Å². The van der Waals surface area contributed by atoms with Crippen LogP contribution in [0.25, 0.3) is 0 Å². The van der Waals surface area contributed by atoms with Crippen molar-refractivity contribution in [3.63, 3.8) is 0 Å². The molecule has 0 saturated carbocycles. The van der Waals surface area contributed by atoms with E-state index in [1.807, 2.05) is 32.0 Å². The lowest BCUT2D eigenvalue weighted by Gasteiger charge is -2.04. The maximum absolute atomic E-state index is 11.0. The summed E-state index contributed by atoms with van der Waals surface area (Å²) in [5.41, 5.74) is 3.10. The molecule has 0 N–H and O–H groups in total. The standard InChI is InChI=1S/C10H14O2S/c1-8-4-5-10(9(2)6-8)7-13(3,11)12/h4-6H,7H2,1-3H3. The molecule has 72 valence electrons. The van der Waals surface area contributed by atoms with E-state index in [1.54, 1.807) is 0 Å². The summed E-state index contributed by atoms with van der Waals surface area (Å²) in [5.74, 6) is 0.138. The fourth-order valence-corrected chi connectivity index (χ4v) is 2.18. The van der Waals surface area contributed by atoms with Crippen molar-refractivity contribution in [2.45, 2.75) is 19.6 Å². The van der Waals surface area contributed by atoms with Crippen LogP contribution in [0.2, 0.25) is 0 Å². The van der Waals surface area contributed by atoms with Gasteiger partial charge in [-0.05, 0) is 25.0 Å². The van der Waals surface area contributed by atoms with Gasteiger partial charge in [0.15, 0.2) is 9.84 Å². The van der Waals surface area contributed by atoms with Crippen LogP contribution in [0.1, 0.15) is 16.7 Å². The van der Waals surface area contributed by atoms with Crippen molar-refractivity contribution in [2.75, 3.05) is 6.26 Å². The van der Waals surface area contributed by atoms with Gasteiger partial charge >= 0.3 is 0 Å². The molecule has 0 fully saturated rings. The Balaban J connectivity index is 3.04. The third kappa shape index (κ3) is 3.19. The average Bonchev–Trinajstić information content (AvgIpc) is 1.93. The summed E-state index contributed by atoms with van der Waals surface area (Å²) >= 11 is 0. The second kappa shape index (κ2) is 3.50. The largest absolute Gasteiger partial charge is 0.229 e. The topological polar surface area (TPSA) is 34.1 Å². The summed E-state index contributed by atoms with van der Waals surface area (Å²) in [6, 6.07) is 5.82. The molecule has 0 heterocycles. The highest BCUT2D eigenvalue weighted by atomic mass is 32.2. The first-order valence-corrected chi connectivity index (χ1v) is 6.18. The lowest BCUT2D eigenvalue weighted by Crippen LogP contribution is -2.02. The van der Waals surface area contributed by atoms with Gasteiger partial charge in [-0.2, -0.15) is 0 Å². The van der Waals surface area contributed by atoms with Crippen LogP contribution >= 0.6 is 0 Å². The van der Waals surface area contributed by atoms with Gasteiger partial charge in [0.25, 0.3) is 0 Å². The fraction of sp³-hybridized carbons (Fsp3) is 0.400. The Bertz CT molecular complexity index is 405. The van der Waals surface area contributed by atoms with E-state index in [-0.39, 0.29) is 5.75 Å². The molecular weight excluding hydrogens is 184 g/mol. The van der Waals surface area contributed by atoms with E-state index in [2.05, 4.69) is 0 Å². The van der Waals surface area contributed by atoms with Crippen molar-refractivity contribution in [3.05, 3.63) is 34.9 Å². The SMILES string of the molecule is Cc1ccc(CS(C)(=O)=O)c(C)c1. The van der Waals surface area contributed by atoms with E-state index in [4.69, 9.17) is 0 Å². The molecule has 0 aromatic heterocycles. The summed E-state index contributed by atoms with van der Waals surface area (Å²) in [6.07, 6.45) is 1.26. The lowest BCUT2D eigenvalue weighted by molar-refractivity contribution is 0.601. The Morgan fingerprint density at radius 3 is 2.31 bits per heavy atom. The number of benzene rings is 1. The van der Waals surface area contributed by atoms with Crippen molar-refractivity contribution in [2.24, 2.45) is 0 Å². The summed E-state index contributed by atoms with van der Waals surface area (Å²) in [6.45, 7) is 3.94. The van der Waals surface area contributed by atoms with Crippen molar-refractivity contribution in [1.29, 1.82) is 0 Å². The van der Waals surface area contributed by atoms with Crippen molar-refractivity contribution in [3.8, 4) is 0 Å².